The van der Waals surface area contributed by atoms with Gasteiger partial charge in [0.15, 0.2) is 0 Å². The van der Waals surface area contributed by atoms with Gasteiger partial charge in [-0.1, -0.05) is 29.8 Å². The lowest BCUT2D eigenvalue weighted by Crippen LogP contribution is -2.53. The molecule has 0 saturated carbocycles. The maximum atomic E-state index is 12.5. The summed E-state index contributed by atoms with van der Waals surface area (Å²) in [7, 11) is 0. The minimum Gasteiger partial charge on any atom is -0.465 e. The molecule has 3 rings (SSSR count). The standard InChI is InChI=1S/C16H11ClN2O4/c17-13-6-2-1-4-10(13)9-19-15(21)12(14(20)18-16(19)22)8-11-5-3-7-23-11/h1-8H,9H2,(H,18,20,22)/b12-8+. The van der Waals surface area contributed by atoms with Gasteiger partial charge in [-0.15, -0.1) is 0 Å². The van der Waals surface area contributed by atoms with Crippen LogP contribution in [0, 0.1) is 0 Å². The van der Waals surface area contributed by atoms with Crippen molar-refractivity contribution >= 4 is 35.5 Å². The third kappa shape index (κ3) is 3.02. The molecule has 1 fully saturated rings. The summed E-state index contributed by atoms with van der Waals surface area (Å²) in [4.78, 5) is 37.3. The van der Waals surface area contributed by atoms with Crippen LogP contribution in [-0.2, 0) is 16.1 Å². The van der Waals surface area contributed by atoms with Crippen molar-refractivity contribution in [3.8, 4) is 0 Å². The smallest absolute Gasteiger partial charge is 0.331 e. The molecule has 1 aromatic carbocycles. The number of urea groups is 1. The second kappa shape index (κ2) is 6.10. The zero-order valence-electron chi connectivity index (χ0n) is 11.8. The summed E-state index contributed by atoms with van der Waals surface area (Å²) < 4.78 is 5.10. The number of hydrogen-bond acceptors (Lipinski definition) is 4. The number of imide groups is 2. The first-order valence-electron chi connectivity index (χ1n) is 6.72. The van der Waals surface area contributed by atoms with Gasteiger partial charge in [-0.05, 0) is 29.8 Å². The Kier molecular flexibility index (Phi) is 3.99. The fraction of sp³-hybridized carbons (Fsp3) is 0.0625. The lowest BCUT2D eigenvalue weighted by molar-refractivity contribution is -0.130. The van der Waals surface area contributed by atoms with Crippen LogP contribution in [-0.4, -0.2) is 22.7 Å². The Labute approximate surface area is 136 Å². The van der Waals surface area contributed by atoms with Gasteiger partial charge in [0.05, 0.1) is 12.8 Å². The van der Waals surface area contributed by atoms with Gasteiger partial charge in [-0.3, -0.25) is 19.8 Å². The molecule has 2 heterocycles. The van der Waals surface area contributed by atoms with Crippen molar-refractivity contribution in [2.75, 3.05) is 0 Å². The van der Waals surface area contributed by atoms with Crippen molar-refractivity contribution < 1.29 is 18.8 Å². The minimum atomic E-state index is -0.781. The van der Waals surface area contributed by atoms with Gasteiger partial charge in [-0.25, -0.2) is 4.79 Å². The molecule has 1 N–H and O–H groups in total. The Morgan fingerprint density at radius 3 is 2.61 bits per heavy atom. The molecule has 0 aliphatic carbocycles. The number of furan rings is 1. The van der Waals surface area contributed by atoms with Gasteiger partial charge in [0.2, 0.25) is 0 Å². The summed E-state index contributed by atoms with van der Waals surface area (Å²) in [5.41, 5.74) is 0.427. The number of amides is 4. The summed E-state index contributed by atoms with van der Waals surface area (Å²) in [6.45, 7) is -0.0346. The van der Waals surface area contributed by atoms with E-state index in [1.807, 2.05) is 0 Å². The quantitative estimate of drug-likeness (QED) is 0.693. The fourth-order valence-corrected chi connectivity index (χ4v) is 2.35. The van der Waals surface area contributed by atoms with E-state index in [2.05, 4.69) is 5.32 Å². The van der Waals surface area contributed by atoms with E-state index in [-0.39, 0.29) is 12.1 Å². The lowest BCUT2D eigenvalue weighted by atomic mass is 10.1. The van der Waals surface area contributed by atoms with Crippen molar-refractivity contribution in [3.05, 3.63) is 64.6 Å². The molecule has 4 amide bonds. The van der Waals surface area contributed by atoms with Crippen molar-refractivity contribution in [1.29, 1.82) is 0 Å². The van der Waals surface area contributed by atoms with Crippen LogP contribution in [0.5, 0.6) is 0 Å². The Balaban J connectivity index is 1.91. The zero-order valence-corrected chi connectivity index (χ0v) is 12.5. The molecule has 23 heavy (non-hydrogen) atoms. The molecule has 0 atom stereocenters. The molecule has 1 aliphatic rings. The third-order valence-corrected chi connectivity index (χ3v) is 3.67. The number of hydrogen-bond donors (Lipinski definition) is 1. The van der Waals surface area contributed by atoms with E-state index in [9.17, 15) is 14.4 Å². The highest BCUT2D eigenvalue weighted by Gasteiger charge is 2.36. The Hall–Kier alpha value is -2.86. The topological polar surface area (TPSA) is 79.6 Å². The molecule has 0 unspecified atom stereocenters. The highest BCUT2D eigenvalue weighted by Crippen LogP contribution is 2.21. The van der Waals surface area contributed by atoms with Gasteiger partial charge in [-0.2, -0.15) is 0 Å². The number of nitrogens with zero attached hydrogens (tertiary/aromatic N) is 1. The molecule has 6 nitrogen and oxygen atoms in total. The van der Waals surface area contributed by atoms with E-state index in [1.54, 1.807) is 36.4 Å². The molecular formula is C16H11ClN2O4. The first kappa shape index (κ1) is 15.1. The largest absolute Gasteiger partial charge is 0.465 e. The van der Waals surface area contributed by atoms with E-state index < -0.39 is 17.8 Å². The number of nitrogens with one attached hydrogen (secondary N) is 1. The van der Waals surface area contributed by atoms with E-state index in [0.717, 1.165) is 4.90 Å². The molecular weight excluding hydrogens is 320 g/mol. The highest BCUT2D eigenvalue weighted by atomic mass is 35.5. The van der Waals surface area contributed by atoms with Crippen molar-refractivity contribution in [2.45, 2.75) is 6.54 Å². The van der Waals surface area contributed by atoms with Gasteiger partial charge in [0, 0.05) is 5.02 Å². The number of rotatable bonds is 3. The van der Waals surface area contributed by atoms with Crippen LogP contribution in [0.2, 0.25) is 5.02 Å². The number of benzene rings is 1. The van der Waals surface area contributed by atoms with Crippen LogP contribution in [0.15, 0.2) is 52.7 Å². The molecule has 116 valence electrons. The van der Waals surface area contributed by atoms with E-state index in [1.165, 1.54) is 12.3 Å². The maximum Gasteiger partial charge on any atom is 0.331 e. The van der Waals surface area contributed by atoms with Crippen molar-refractivity contribution in [2.24, 2.45) is 0 Å². The average Bonchev–Trinajstić information content (AvgIpc) is 3.03. The first-order valence-corrected chi connectivity index (χ1v) is 7.10. The molecule has 0 spiro atoms. The minimum absolute atomic E-state index is 0.0346. The van der Waals surface area contributed by atoms with E-state index >= 15 is 0 Å². The second-order valence-electron chi connectivity index (χ2n) is 4.82. The third-order valence-electron chi connectivity index (χ3n) is 3.30. The van der Waals surface area contributed by atoms with Crippen molar-refractivity contribution in [1.82, 2.24) is 10.2 Å². The molecule has 0 bridgehead atoms. The van der Waals surface area contributed by atoms with Gasteiger partial charge >= 0.3 is 6.03 Å². The first-order chi connectivity index (χ1) is 11.1. The second-order valence-corrected chi connectivity index (χ2v) is 5.22. The van der Waals surface area contributed by atoms with E-state index in [4.69, 9.17) is 16.0 Å². The average molecular weight is 331 g/mol. The van der Waals surface area contributed by atoms with Crippen LogP contribution in [0.3, 0.4) is 0 Å². The van der Waals surface area contributed by atoms with Crippen LogP contribution >= 0.6 is 11.6 Å². The highest BCUT2D eigenvalue weighted by molar-refractivity contribution is 6.32. The molecule has 7 heteroatoms. The fourth-order valence-electron chi connectivity index (χ4n) is 2.15. The molecule has 0 radical (unpaired) electrons. The van der Waals surface area contributed by atoms with Gasteiger partial charge in [0.25, 0.3) is 11.8 Å². The van der Waals surface area contributed by atoms with Crippen LogP contribution in [0.4, 0.5) is 4.79 Å². The van der Waals surface area contributed by atoms with Crippen molar-refractivity contribution in [3.63, 3.8) is 0 Å². The number of halogens is 1. The molecule has 1 aromatic heterocycles. The predicted octanol–water partition coefficient (Wildman–Crippen LogP) is 2.60. The predicted molar refractivity (Wildman–Crippen MR) is 82.2 cm³/mol. The van der Waals surface area contributed by atoms with Crippen LogP contribution in [0.25, 0.3) is 6.08 Å². The van der Waals surface area contributed by atoms with Gasteiger partial charge in [0.1, 0.15) is 11.3 Å². The zero-order chi connectivity index (χ0) is 16.4. The monoisotopic (exact) mass is 330 g/mol. The van der Waals surface area contributed by atoms with Crippen LogP contribution in [0.1, 0.15) is 11.3 Å². The van der Waals surface area contributed by atoms with Gasteiger partial charge < -0.3 is 4.42 Å². The Bertz CT molecular complexity index is 811. The molecule has 1 saturated heterocycles. The summed E-state index contributed by atoms with van der Waals surface area (Å²) in [6, 6.07) is 9.31. The summed E-state index contributed by atoms with van der Waals surface area (Å²) in [6.07, 6.45) is 2.72. The normalized spacial score (nSPS) is 16.8. The summed E-state index contributed by atoms with van der Waals surface area (Å²) in [5.74, 6) is -1.11. The summed E-state index contributed by atoms with van der Waals surface area (Å²) in [5, 5.41) is 2.57. The van der Waals surface area contributed by atoms with Crippen LogP contribution < -0.4 is 5.32 Å². The molecule has 2 aromatic rings. The molecule has 1 aliphatic heterocycles. The lowest BCUT2D eigenvalue weighted by Gasteiger charge is -2.26. The number of carbonyl (C=O) groups is 3. The Morgan fingerprint density at radius 1 is 1.13 bits per heavy atom. The van der Waals surface area contributed by atoms with E-state index in [0.29, 0.717) is 16.3 Å². The number of carbonyl (C=O) groups excluding carboxylic acids is 3. The summed E-state index contributed by atoms with van der Waals surface area (Å²) >= 11 is 6.05. The number of barbiturate groups is 1. The Morgan fingerprint density at radius 2 is 1.91 bits per heavy atom. The maximum absolute atomic E-state index is 12.5. The SMILES string of the molecule is O=C1NC(=O)N(Cc2ccccc2Cl)C(=O)/C1=C/c1ccco1.